The van der Waals surface area contributed by atoms with Crippen LogP contribution in [0.3, 0.4) is 0 Å². The lowest BCUT2D eigenvalue weighted by molar-refractivity contribution is -0.147. The molecule has 0 atom stereocenters. The summed E-state index contributed by atoms with van der Waals surface area (Å²) in [4.78, 5) is 11.7. The molecule has 19 heavy (non-hydrogen) atoms. The topological polar surface area (TPSA) is 65.0 Å². The Morgan fingerprint density at radius 3 is 2.63 bits per heavy atom. The van der Waals surface area contributed by atoms with Crippen LogP contribution in [0.2, 0.25) is 0 Å². The third-order valence-electron chi connectivity index (χ3n) is 3.98. The average Bonchev–Trinajstić information content (AvgIpc) is 2.36. The Kier molecular flexibility index (Phi) is 2.77. The monoisotopic (exact) mass is 264 g/mol. The minimum Gasteiger partial charge on any atom is -0.497 e. The molecule has 0 unspecified atom stereocenters. The number of hydrogen-bond acceptors (Lipinski definition) is 4. The van der Waals surface area contributed by atoms with E-state index in [1.807, 2.05) is 0 Å². The largest absolute Gasteiger partial charge is 0.497 e. The Hall–Kier alpha value is -1.91. The fourth-order valence-electron chi connectivity index (χ4n) is 2.73. The number of ether oxygens (including phenoxy) is 3. The van der Waals surface area contributed by atoms with Crippen LogP contribution in [0.5, 0.6) is 17.2 Å². The Morgan fingerprint density at radius 2 is 2.05 bits per heavy atom. The molecule has 0 bridgehead atoms. The summed E-state index contributed by atoms with van der Waals surface area (Å²) in [6.45, 7) is 0.918. The van der Waals surface area contributed by atoms with Crippen molar-refractivity contribution in [2.24, 2.45) is 0 Å². The van der Waals surface area contributed by atoms with Crippen LogP contribution in [0, 0.1) is 0 Å². The quantitative estimate of drug-likeness (QED) is 0.904. The predicted molar refractivity (Wildman–Crippen MR) is 67.1 cm³/mol. The van der Waals surface area contributed by atoms with Gasteiger partial charge in [-0.1, -0.05) is 6.42 Å². The summed E-state index contributed by atoms with van der Waals surface area (Å²) in [6.07, 6.45) is 2.18. The summed E-state index contributed by atoms with van der Waals surface area (Å²) in [7, 11) is 1.56. The van der Waals surface area contributed by atoms with E-state index in [9.17, 15) is 9.90 Å². The molecule has 1 aromatic rings. The first-order chi connectivity index (χ1) is 9.17. The lowest BCUT2D eigenvalue weighted by Gasteiger charge is -2.39. The van der Waals surface area contributed by atoms with Gasteiger partial charge in [-0.05, 0) is 18.9 Å². The van der Waals surface area contributed by atoms with Crippen LogP contribution in [-0.4, -0.2) is 31.4 Å². The normalized spacial score (nSPS) is 19.4. The summed E-state index contributed by atoms with van der Waals surface area (Å²) in [5.41, 5.74) is -0.167. The molecule has 5 nitrogen and oxygen atoms in total. The molecule has 1 aliphatic carbocycles. The zero-order valence-electron chi connectivity index (χ0n) is 10.8. The number of rotatable bonds is 3. The first-order valence-electron chi connectivity index (χ1n) is 6.39. The van der Waals surface area contributed by atoms with Crippen LogP contribution in [0.4, 0.5) is 0 Å². The van der Waals surface area contributed by atoms with Crippen molar-refractivity contribution in [3.05, 3.63) is 17.7 Å². The second kappa shape index (κ2) is 4.33. The molecule has 1 aliphatic heterocycles. The number of carboxylic acids is 1. The molecule has 0 radical (unpaired) electrons. The Balaban J connectivity index is 2.16. The van der Waals surface area contributed by atoms with E-state index in [0.717, 1.165) is 6.42 Å². The van der Waals surface area contributed by atoms with Crippen molar-refractivity contribution in [1.29, 1.82) is 0 Å². The van der Waals surface area contributed by atoms with Crippen molar-refractivity contribution < 1.29 is 24.1 Å². The number of hydrogen-bond donors (Lipinski definition) is 1. The van der Waals surface area contributed by atoms with Crippen LogP contribution in [-0.2, 0) is 10.2 Å². The molecular weight excluding hydrogens is 248 g/mol. The minimum absolute atomic E-state index is 0.446. The summed E-state index contributed by atoms with van der Waals surface area (Å²) in [5.74, 6) is 0.942. The summed E-state index contributed by atoms with van der Waals surface area (Å²) in [6, 6.07) is 3.51. The van der Waals surface area contributed by atoms with Gasteiger partial charge >= 0.3 is 5.97 Å². The molecule has 0 aromatic heterocycles. The van der Waals surface area contributed by atoms with Crippen molar-refractivity contribution in [2.45, 2.75) is 24.7 Å². The average molecular weight is 264 g/mol. The Labute approximate surface area is 111 Å². The van der Waals surface area contributed by atoms with Crippen LogP contribution in [0.15, 0.2) is 12.1 Å². The van der Waals surface area contributed by atoms with Gasteiger partial charge in [0, 0.05) is 11.6 Å². The maximum absolute atomic E-state index is 11.7. The first kappa shape index (κ1) is 12.1. The lowest BCUT2D eigenvalue weighted by Crippen LogP contribution is -2.43. The van der Waals surface area contributed by atoms with Crippen LogP contribution in [0.25, 0.3) is 0 Å². The summed E-state index contributed by atoms with van der Waals surface area (Å²) >= 11 is 0. The van der Waals surface area contributed by atoms with Gasteiger partial charge in [-0.3, -0.25) is 4.79 Å². The van der Waals surface area contributed by atoms with E-state index in [-0.39, 0.29) is 0 Å². The number of benzene rings is 1. The molecule has 2 aliphatic rings. The lowest BCUT2D eigenvalue weighted by atomic mass is 9.64. The van der Waals surface area contributed by atoms with E-state index in [1.54, 1.807) is 19.2 Å². The Bertz CT molecular complexity index is 519. The molecule has 1 heterocycles. The van der Waals surface area contributed by atoms with Crippen molar-refractivity contribution in [1.82, 2.24) is 0 Å². The van der Waals surface area contributed by atoms with Crippen molar-refractivity contribution in [3.8, 4) is 17.2 Å². The van der Waals surface area contributed by atoms with Gasteiger partial charge in [0.25, 0.3) is 0 Å². The number of fused-ring (bicyclic) bond motifs is 1. The molecular formula is C14H16O5. The first-order valence-corrected chi connectivity index (χ1v) is 6.39. The molecule has 5 heteroatoms. The van der Waals surface area contributed by atoms with Crippen LogP contribution >= 0.6 is 0 Å². The van der Waals surface area contributed by atoms with Gasteiger partial charge < -0.3 is 19.3 Å². The number of methoxy groups -OCH3 is 1. The SMILES string of the molecule is COc1cc2c(c(C3(C(=O)O)CCC3)c1)OCCO2. The van der Waals surface area contributed by atoms with Crippen molar-refractivity contribution in [3.63, 3.8) is 0 Å². The zero-order chi connectivity index (χ0) is 13.5. The fourth-order valence-corrected chi connectivity index (χ4v) is 2.73. The van der Waals surface area contributed by atoms with Gasteiger partial charge in [-0.25, -0.2) is 0 Å². The van der Waals surface area contributed by atoms with E-state index < -0.39 is 11.4 Å². The molecule has 0 amide bonds. The summed E-state index contributed by atoms with van der Waals surface area (Å²) < 4.78 is 16.4. The summed E-state index contributed by atoms with van der Waals surface area (Å²) in [5, 5.41) is 9.57. The molecule has 3 rings (SSSR count). The number of carboxylic acid groups (broad SMARTS) is 1. The predicted octanol–water partition coefficient (Wildman–Crippen LogP) is 1.97. The molecule has 0 saturated heterocycles. The molecule has 1 saturated carbocycles. The maximum Gasteiger partial charge on any atom is 0.314 e. The van der Waals surface area contributed by atoms with Gasteiger partial charge in [0.2, 0.25) is 0 Å². The zero-order valence-corrected chi connectivity index (χ0v) is 10.8. The standard InChI is InChI=1S/C14H16O5/c1-17-9-7-10(14(13(15)16)3-2-4-14)12-11(8-9)18-5-6-19-12/h7-8H,2-6H2,1H3,(H,15,16). The highest BCUT2D eigenvalue weighted by Gasteiger charge is 2.49. The third-order valence-corrected chi connectivity index (χ3v) is 3.98. The molecule has 0 spiro atoms. The van der Waals surface area contributed by atoms with Crippen LogP contribution < -0.4 is 14.2 Å². The van der Waals surface area contributed by atoms with Crippen LogP contribution in [0.1, 0.15) is 24.8 Å². The van der Waals surface area contributed by atoms with Gasteiger partial charge in [-0.2, -0.15) is 0 Å². The van der Waals surface area contributed by atoms with Gasteiger partial charge in [0.1, 0.15) is 19.0 Å². The molecule has 1 N–H and O–H groups in total. The number of carbonyl (C=O) groups is 1. The third kappa shape index (κ3) is 1.72. The van der Waals surface area contributed by atoms with E-state index >= 15 is 0 Å². The smallest absolute Gasteiger partial charge is 0.314 e. The van der Waals surface area contributed by atoms with E-state index in [0.29, 0.717) is 48.9 Å². The van der Waals surface area contributed by atoms with Gasteiger partial charge in [-0.15, -0.1) is 0 Å². The maximum atomic E-state index is 11.7. The van der Waals surface area contributed by atoms with E-state index in [4.69, 9.17) is 14.2 Å². The highest BCUT2D eigenvalue weighted by atomic mass is 16.6. The highest BCUT2D eigenvalue weighted by Crippen LogP contribution is 2.51. The second-order valence-corrected chi connectivity index (χ2v) is 4.94. The highest BCUT2D eigenvalue weighted by molar-refractivity contribution is 5.84. The van der Waals surface area contributed by atoms with Crippen molar-refractivity contribution >= 4 is 5.97 Å². The molecule has 1 fully saturated rings. The van der Waals surface area contributed by atoms with E-state index in [2.05, 4.69) is 0 Å². The minimum atomic E-state index is -0.848. The van der Waals surface area contributed by atoms with Gasteiger partial charge in [0.05, 0.1) is 12.5 Å². The van der Waals surface area contributed by atoms with E-state index in [1.165, 1.54) is 0 Å². The fraction of sp³-hybridized carbons (Fsp3) is 0.500. The number of aliphatic carboxylic acids is 1. The molecule has 1 aromatic carbocycles. The van der Waals surface area contributed by atoms with Crippen molar-refractivity contribution in [2.75, 3.05) is 20.3 Å². The van der Waals surface area contributed by atoms with Gasteiger partial charge in [0.15, 0.2) is 11.5 Å². The molecule has 102 valence electrons. The second-order valence-electron chi connectivity index (χ2n) is 4.94. The Morgan fingerprint density at radius 1 is 1.32 bits per heavy atom.